The van der Waals surface area contributed by atoms with Gasteiger partial charge in [-0.2, -0.15) is 0 Å². The van der Waals surface area contributed by atoms with Crippen LogP contribution in [0.2, 0.25) is 10.0 Å². The molecule has 0 saturated heterocycles. The number of hydrogen-bond donors (Lipinski definition) is 0. The van der Waals surface area contributed by atoms with E-state index in [-0.39, 0.29) is 0 Å². The first-order valence-corrected chi connectivity index (χ1v) is 8.00. The molecule has 0 fully saturated rings. The van der Waals surface area contributed by atoms with E-state index >= 15 is 0 Å². The first-order chi connectivity index (χ1) is 11.7. The van der Waals surface area contributed by atoms with E-state index in [1.165, 1.54) is 0 Å². The molecule has 0 aromatic heterocycles. The molecule has 2 aliphatic heterocycles. The predicted molar refractivity (Wildman–Crippen MR) is 91.1 cm³/mol. The van der Waals surface area contributed by atoms with Gasteiger partial charge in [0, 0.05) is 0 Å². The largest absolute Gasteiger partial charge is 0.451 e. The van der Waals surface area contributed by atoms with Gasteiger partial charge in [-0.25, -0.2) is 9.98 Å². The first kappa shape index (κ1) is 13.8. The zero-order chi connectivity index (χ0) is 16.3. The van der Waals surface area contributed by atoms with Gasteiger partial charge in [-0.3, -0.25) is 0 Å². The van der Waals surface area contributed by atoms with E-state index < -0.39 is 0 Å². The molecule has 0 N–H and O–H groups in total. The molecular weight excluding hydrogens is 347 g/mol. The average molecular weight is 355 g/mol. The van der Waals surface area contributed by atoms with Gasteiger partial charge in [0.05, 0.1) is 0 Å². The summed E-state index contributed by atoms with van der Waals surface area (Å²) in [5, 5.41) is 1.57. The molecule has 0 amide bonds. The van der Waals surface area contributed by atoms with Crippen molar-refractivity contribution in [3.05, 3.63) is 69.3 Å². The molecule has 2 aliphatic rings. The molecule has 4 nitrogen and oxygen atoms in total. The van der Waals surface area contributed by atoms with E-state index in [0.29, 0.717) is 55.1 Å². The van der Waals surface area contributed by atoms with Crippen LogP contribution in [0.1, 0.15) is 0 Å². The van der Waals surface area contributed by atoms with Crippen LogP contribution in [0.3, 0.4) is 0 Å². The highest BCUT2D eigenvalue weighted by Gasteiger charge is 2.26. The number of nitrogens with zero attached hydrogens (tertiary/aromatic N) is 2. The fraction of sp³-hybridized carbons (Fsp3) is 0. The van der Waals surface area contributed by atoms with Crippen molar-refractivity contribution in [1.29, 1.82) is 0 Å². The molecule has 5 rings (SSSR count). The monoisotopic (exact) mass is 354 g/mol. The van der Waals surface area contributed by atoms with Crippen LogP contribution < -0.4 is 20.2 Å². The van der Waals surface area contributed by atoms with E-state index in [4.69, 9.17) is 32.7 Å². The fourth-order valence-electron chi connectivity index (χ4n) is 2.74. The van der Waals surface area contributed by atoms with E-state index in [1.807, 2.05) is 48.5 Å². The van der Waals surface area contributed by atoms with Gasteiger partial charge in [-0.15, -0.1) is 0 Å². The van der Waals surface area contributed by atoms with Gasteiger partial charge < -0.3 is 9.47 Å². The number of benzene rings is 3. The minimum absolute atomic E-state index is 0.331. The molecule has 3 aromatic rings. The summed E-state index contributed by atoms with van der Waals surface area (Å²) in [4.78, 5) is 9.14. The summed E-state index contributed by atoms with van der Waals surface area (Å²) < 4.78 is 11.8. The molecule has 0 aliphatic carbocycles. The molecular formula is C18H8Cl2N2O2. The van der Waals surface area contributed by atoms with Crippen LogP contribution in [0.25, 0.3) is 0 Å². The highest BCUT2D eigenvalue weighted by molar-refractivity contribution is 6.35. The molecule has 24 heavy (non-hydrogen) atoms. The van der Waals surface area contributed by atoms with Gasteiger partial charge in [0.1, 0.15) is 32.1 Å². The standard InChI is InChI=1S/C18H8Cl2N2O2/c19-13-15-17(23-11-7-3-1-5-9(11)21-15)14(20)16-18(13)24-12-8-4-2-6-10(12)22-16/h1-8H. The van der Waals surface area contributed by atoms with Gasteiger partial charge in [-0.05, 0) is 24.3 Å². The van der Waals surface area contributed by atoms with Crippen LogP contribution in [0.5, 0.6) is 23.0 Å². The Morgan fingerprint density at radius 1 is 0.625 bits per heavy atom. The van der Waals surface area contributed by atoms with Crippen molar-refractivity contribution in [2.45, 2.75) is 0 Å². The topological polar surface area (TPSA) is 43.2 Å². The Bertz CT molecular complexity index is 1050. The Kier molecular flexibility index (Phi) is 2.86. The van der Waals surface area contributed by atoms with Gasteiger partial charge in [0.15, 0.2) is 23.0 Å². The maximum absolute atomic E-state index is 6.53. The molecule has 3 aromatic carbocycles. The minimum atomic E-state index is 0.331. The molecule has 116 valence electrons. The molecule has 0 radical (unpaired) electrons. The second-order valence-electron chi connectivity index (χ2n) is 5.35. The van der Waals surface area contributed by atoms with E-state index in [1.54, 1.807) is 0 Å². The Balaban J connectivity index is 1.87. The average Bonchev–Trinajstić information content (AvgIpc) is 2.64. The quantitative estimate of drug-likeness (QED) is 0.388. The Morgan fingerprint density at radius 2 is 1.04 bits per heavy atom. The smallest absolute Gasteiger partial charge is 0.175 e. The summed E-state index contributed by atoms with van der Waals surface area (Å²) in [6.07, 6.45) is 0. The molecule has 0 unspecified atom stereocenters. The van der Waals surface area contributed by atoms with Crippen LogP contribution in [-0.4, -0.2) is 0 Å². The van der Waals surface area contributed by atoms with Crippen molar-refractivity contribution in [2.75, 3.05) is 0 Å². The molecule has 0 bridgehead atoms. The van der Waals surface area contributed by atoms with Crippen molar-refractivity contribution >= 4 is 34.6 Å². The number of halogens is 2. The van der Waals surface area contributed by atoms with Crippen LogP contribution in [-0.2, 0) is 0 Å². The Labute approximate surface area is 146 Å². The fourth-order valence-corrected chi connectivity index (χ4v) is 3.25. The zero-order valence-corrected chi connectivity index (χ0v) is 13.6. The SMILES string of the molecule is Clc1c2c(c(Cl)c3c1=Nc1ccccc1O3)=Nc1ccccc1O2. The highest BCUT2D eigenvalue weighted by Crippen LogP contribution is 2.41. The summed E-state index contributed by atoms with van der Waals surface area (Å²) in [5.41, 5.74) is 1.38. The molecule has 2 heterocycles. The van der Waals surface area contributed by atoms with Crippen LogP contribution >= 0.6 is 23.2 Å². The first-order valence-electron chi connectivity index (χ1n) is 7.24. The number of fused-ring (bicyclic) bond motifs is 4. The summed E-state index contributed by atoms with van der Waals surface area (Å²) in [5.74, 6) is 2.04. The molecule has 0 atom stereocenters. The van der Waals surface area contributed by atoms with Crippen LogP contribution in [0, 0.1) is 0 Å². The van der Waals surface area contributed by atoms with Gasteiger partial charge >= 0.3 is 0 Å². The third kappa shape index (κ3) is 1.87. The lowest BCUT2D eigenvalue weighted by Gasteiger charge is -2.20. The van der Waals surface area contributed by atoms with Crippen molar-refractivity contribution in [1.82, 2.24) is 0 Å². The van der Waals surface area contributed by atoms with Crippen molar-refractivity contribution in [3.8, 4) is 23.0 Å². The maximum atomic E-state index is 6.53. The van der Waals surface area contributed by atoms with Crippen molar-refractivity contribution in [3.63, 3.8) is 0 Å². The second-order valence-corrected chi connectivity index (χ2v) is 6.10. The molecule has 0 spiro atoms. The Morgan fingerprint density at radius 3 is 1.50 bits per heavy atom. The second kappa shape index (κ2) is 4.97. The van der Waals surface area contributed by atoms with E-state index in [9.17, 15) is 0 Å². The Hall–Kier alpha value is -2.56. The lowest BCUT2D eigenvalue weighted by molar-refractivity contribution is 0.451. The number of rotatable bonds is 0. The zero-order valence-electron chi connectivity index (χ0n) is 12.1. The third-order valence-electron chi connectivity index (χ3n) is 3.86. The lowest BCUT2D eigenvalue weighted by Crippen LogP contribution is -2.22. The van der Waals surface area contributed by atoms with Gasteiger partial charge in [-0.1, -0.05) is 47.5 Å². The van der Waals surface area contributed by atoms with Crippen LogP contribution in [0.15, 0.2) is 58.5 Å². The van der Waals surface area contributed by atoms with Gasteiger partial charge in [0.2, 0.25) is 0 Å². The molecule has 6 heteroatoms. The van der Waals surface area contributed by atoms with Crippen molar-refractivity contribution < 1.29 is 9.47 Å². The summed E-state index contributed by atoms with van der Waals surface area (Å²) in [6.45, 7) is 0. The van der Waals surface area contributed by atoms with E-state index in [2.05, 4.69) is 9.98 Å². The maximum Gasteiger partial charge on any atom is 0.175 e. The molecule has 0 saturated carbocycles. The summed E-state index contributed by atoms with van der Waals surface area (Å²) >= 11 is 13.1. The number of para-hydroxylation sites is 4. The number of ether oxygens (including phenoxy) is 2. The third-order valence-corrected chi connectivity index (χ3v) is 4.57. The minimum Gasteiger partial charge on any atom is -0.451 e. The summed E-state index contributed by atoms with van der Waals surface area (Å²) in [7, 11) is 0. The number of hydrogen-bond acceptors (Lipinski definition) is 4. The summed E-state index contributed by atoms with van der Waals surface area (Å²) in [6, 6.07) is 14.9. The van der Waals surface area contributed by atoms with Crippen molar-refractivity contribution in [2.24, 2.45) is 9.98 Å². The highest BCUT2D eigenvalue weighted by atomic mass is 35.5. The predicted octanol–water partition coefficient (Wildman–Crippen LogP) is 5.11. The lowest BCUT2D eigenvalue weighted by atomic mass is 10.2. The normalized spacial score (nSPS) is 13.1. The van der Waals surface area contributed by atoms with E-state index in [0.717, 1.165) is 0 Å². The van der Waals surface area contributed by atoms with Crippen LogP contribution in [0.4, 0.5) is 11.4 Å². The van der Waals surface area contributed by atoms with Gasteiger partial charge in [0.25, 0.3) is 0 Å².